The first kappa shape index (κ1) is 12.3. The molecule has 102 valence electrons. The lowest BCUT2D eigenvalue weighted by atomic mass is 9.82. The third-order valence-electron chi connectivity index (χ3n) is 4.41. The molecule has 4 rings (SSSR count). The molecule has 0 spiro atoms. The van der Waals surface area contributed by atoms with Gasteiger partial charge in [0.15, 0.2) is 0 Å². The predicted molar refractivity (Wildman–Crippen MR) is 80.2 cm³/mol. The fourth-order valence-corrected chi connectivity index (χ4v) is 3.42. The van der Waals surface area contributed by atoms with E-state index in [1.165, 1.54) is 36.8 Å². The topological polar surface area (TPSA) is 25.8 Å². The number of benzene rings is 1. The monoisotopic (exact) mass is 284 g/mol. The number of nitrogens with zero attached hydrogens (tertiary/aromatic N) is 2. The largest absolute Gasteiger partial charge is 0.237 e. The van der Waals surface area contributed by atoms with E-state index in [0.717, 1.165) is 17.9 Å². The van der Waals surface area contributed by atoms with Crippen LogP contribution in [-0.2, 0) is 6.42 Å². The molecule has 0 N–H and O–H groups in total. The number of hydrogen-bond donors (Lipinski definition) is 0. The first-order chi connectivity index (χ1) is 9.81. The Kier molecular flexibility index (Phi) is 2.99. The molecule has 1 aromatic heterocycles. The van der Waals surface area contributed by atoms with Crippen molar-refractivity contribution in [3.05, 3.63) is 58.1 Å². The summed E-state index contributed by atoms with van der Waals surface area (Å²) in [7, 11) is 0. The zero-order valence-corrected chi connectivity index (χ0v) is 12.1. The Labute approximate surface area is 124 Å². The highest BCUT2D eigenvalue weighted by Crippen LogP contribution is 2.41. The molecule has 0 saturated heterocycles. The van der Waals surface area contributed by atoms with Crippen LogP contribution in [0.2, 0.25) is 5.15 Å². The van der Waals surface area contributed by atoms with Gasteiger partial charge in [-0.1, -0.05) is 35.9 Å². The molecule has 2 aliphatic rings. The lowest BCUT2D eigenvalue weighted by Gasteiger charge is -2.24. The maximum atomic E-state index is 6.22. The van der Waals surface area contributed by atoms with Gasteiger partial charge in [-0.15, -0.1) is 0 Å². The van der Waals surface area contributed by atoms with Crippen molar-refractivity contribution in [1.82, 2.24) is 9.97 Å². The summed E-state index contributed by atoms with van der Waals surface area (Å²) in [4.78, 5) is 9.34. The van der Waals surface area contributed by atoms with E-state index in [9.17, 15) is 0 Å². The highest BCUT2D eigenvalue weighted by atomic mass is 35.5. The molecule has 0 aliphatic heterocycles. The average Bonchev–Trinajstić information content (AvgIpc) is 3.30. The fourth-order valence-electron chi connectivity index (χ4n) is 3.22. The van der Waals surface area contributed by atoms with Crippen LogP contribution in [0.4, 0.5) is 0 Å². The third kappa shape index (κ3) is 2.22. The van der Waals surface area contributed by atoms with E-state index in [-0.39, 0.29) is 0 Å². The summed E-state index contributed by atoms with van der Waals surface area (Å²) in [6.07, 6.45) is 5.99. The van der Waals surface area contributed by atoms with Crippen molar-refractivity contribution in [2.24, 2.45) is 0 Å². The van der Waals surface area contributed by atoms with Gasteiger partial charge in [0.05, 0.1) is 0 Å². The molecule has 1 heterocycles. The van der Waals surface area contributed by atoms with Gasteiger partial charge in [-0.3, -0.25) is 0 Å². The number of halogens is 1. The van der Waals surface area contributed by atoms with Crippen molar-refractivity contribution >= 4 is 11.6 Å². The van der Waals surface area contributed by atoms with E-state index in [4.69, 9.17) is 16.6 Å². The summed E-state index contributed by atoms with van der Waals surface area (Å²) in [6, 6.07) is 10.6. The molecular formula is C17H17ClN2. The smallest absolute Gasteiger partial charge is 0.137 e. The molecule has 0 bridgehead atoms. The third-order valence-corrected chi connectivity index (χ3v) is 4.60. The zero-order valence-electron chi connectivity index (χ0n) is 11.3. The standard InChI is InChI=1S/C17H17ClN2/c18-16-10-15(12-8-9-12)19-17(20-16)14-7-3-5-11-4-1-2-6-13(11)14/h1-2,4,6,10,12,14H,3,5,7-9H2. The Hall–Kier alpha value is -1.41. The van der Waals surface area contributed by atoms with Gasteiger partial charge in [-0.25, -0.2) is 9.97 Å². The summed E-state index contributed by atoms with van der Waals surface area (Å²) >= 11 is 6.22. The molecule has 0 amide bonds. The van der Waals surface area contributed by atoms with Crippen LogP contribution < -0.4 is 0 Å². The molecule has 2 aliphatic carbocycles. The van der Waals surface area contributed by atoms with Crippen molar-refractivity contribution < 1.29 is 0 Å². The van der Waals surface area contributed by atoms with Crippen molar-refractivity contribution in [3.63, 3.8) is 0 Å². The Bertz CT molecular complexity index is 649. The van der Waals surface area contributed by atoms with Crippen LogP contribution in [0.3, 0.4) is 0 Å². The predicted octanol–water partition coefficient (Wildman–Crippen LogP) is 4.48. The van der Waals surface area contributed by atoms with E-state index in [2.05, 4.69) is 29.2 Å². The molecule has 1 fully saturated rings. The Morgan fingerprint density at radius 2 is 1.90 bits per heavy atom. The summed E-state index contributed by atoms with van der Waals surface area (Å²) in [6.45, 7) is 0. The second-order valence-electron chi connectivity index (χ2n) is 5.89. The summed E-state index contributed by atoms with van der Waals surface area (Å²) in [5, 5.41) is 0.597. The number of aryl methyl sites for hydroxylation is 1. The molecule has 3 heteroatoms. The lowest BCUT2D eigenvalue weighted by molar-refractivity contribution is 0.587. The van der Waals surface area contributed by atoms with E-state index in [1.807, 2.05) is 6.07 Å². The second-order valence-corrected chi connectivity index (χ2v) is 6.28. The average molecular weight is 285 g/mol. The van der Waals surface area contributed by atoms with Crippen LogP contribution in [0.5, 0.6) is 0 Å². The molecule has 20 heavy (non-hydrogen) atoms. The maximum Gasteiger partial charge on any atom is 0.137 e. The molecule has 1 unspecified atom stereocenters. The Balaban J connectivity index is 1.78. The van der Waals surface area contributed by atoms with Crippen molar-refractivity contribution in [3.8, 4) is 0 Å². The second kappa shape index (κ2) is 4.85. The van der Waals surface area contributed by atoms with E-state index >= 15 is 0 Å². The summed E-state index contributed by atoms with van der Waals surface area (Å²) in [5.74, 6) is 1.86. The first-order valence-corrected chi connectivity index (χ1v) is 7.81. The molecular weight excluding hydrogens is 268 g/mol. The molecule has 1 atom stereocenters. The van der Waals surface area contributed by atoms with Crippen LogP contribution in [0.25, 0.3) is 0 Å². The van der Waals surface area contributed by atoms with Crippen LogP contribution in [0, 0.1) is 0 Å². The minimum absolute atomic E-state index is 0.316. The minimum atomic E-state index is 0.316. The van der Waals surface area contributed by atoms with E-state index < -0.39 is 0 Å². The maximum absolute atomic E-state index is 6.22. The van der Waals surface area contributed by atoms with Crippen LogP contribution >= 0.6 is 11.6 Å². The van der Waals surface area contributed by atoms with Gasteiger partial charge in [0.1, 0.15) is 11.0 Å². The normalized spacial score (nSPS) is 21.6. The van der Waals surface area contributed by atoms with Gasteiger partial charge in [-0.2, -0.15) is 0 Å². The summed E-state index contributed by atoms with van der Waals surface area (Å²) in [5.41, 5.74) is 3.98. The highest BCUT2D eigenvalue weighted by Gasteiger charge is 2.29. The Morgan fingerprint density at radius 3 is 2.75 bits per heavy atom. The van der Waals surface area contributed by atoms with Crippen molar-refractivity contribution in [2.45, 2.75) is 43.9 Å². The minimum Gasteiger partial charge on any atom is -0.237 e. The molecule has 0 radical (unpaired) electrons. The summed E-state index contributed by atoms with van der Waals surface area (Å²) < 4.78 is 0. The van der Waals surface area contributed by atoms with Gasteiger partial charge < -0.3 is 0 Å². The Morgan fingerprint density at radius 1 is 1.05 bits per heavy atom. The van der Waals surface area contributed by atoms with Gasteiger partial charge in [0, 0.05) is 17.5 Å². The number of hydrogen-bond acceptors (Lipinski definition) is 2. The molecule has 2 aromatic rings. The number of rotatable bonds is 2. The highest BCUT2D eigenvalue weighted by molar-refractivity contribution is 6.29. The van der Waals surface area contributed by atoms with Gasteiger partial charge in [0.25, 0.3) is 0 Å². The zero-order chi connectivity index (χ0) is 13.5. The van der Waals surface area contributed by atoms with Gasteiger partial charge >= 0.3 is 0 Å². The molecule has 2 nitrogen and oxygen atoms in total. The van der Waals surface area contributed by atoms with Crippen molar-refractivity contribution in [1.29, 1.82) is 0 Å². The number of fused-ring (bicyclic) bond motifs is 1. The molecule has 1 saturated carbocycles. The van der Waals surface area contributed by atoms with Crippen molar-refractivity contribution in [2.75, 3.05) is 0 Å². The first-order valence-electron chi connectivity index (χ1n) is 7.43. The SMILES string of the molecule is Clc1cc(C2CC2)nc(C2CCCc3ccccc32)n1. The van der Waals surface area contributed by atoms with Crippen LogP contribution in [0.15, 0.2) is 30.3 Å². The van der Waals surface area contributed by atoms with Gasteiger partial charge in [-0.05, 0) is 49.3 Å². The van der Waals surface area contributed by atoms with E-state index in [0.29, 0.717) is 17.0 Å². The molecule has 1 aromatic carbocycles. The van der Waals surface area contributed by atoms with E-state index in [1.54, 1.807) is 0 Å². The fraction of sp³-hybridized carbons (Fsp3) is 0.412. The van der Waals surface area contributed by atoms with Crippen LogP contribution in [-0.4, -0.2) is 9.97 Å². The lowest BCUT2D eigenvalue weighted by Crippen LogP contribution is -2.14. The van der Waals surface area contributed by atoms with Crippen LogP contribution in [0.1, 0.15) is 60.2 Å². The number of aromatic nitrogens is 2. The quantitative estimate of drug-likeness (QED) is 0.760. The van der Waals surface area contributed by atoms with Gasteiger partial charge in [0.2, 0.25) is 0 Å².